The van der Waals surface area contributed by atoms with Crippen LogP contribution in [-0.4, -0.2) is 24.5 Å². The van der Waals surface area contributed by atoms with Crippen LogP contribution < -0.4 is 4.90 Å². The Morgan fingerprint density at radius 2 is 1.00 bits per heavy atom. The maximum absolute atomic E-state index is 5.22. The average Bonchev–Trinajstić information content (AvgIpc) is 3.90. The molecule has 0 bridgehead atoms. The molecule has 0 radical (unpaired) electrons. The quantitative estimate of drug-likeness (QED) is 0.167. The van der Waals surface area contributed by atoms with Gasteiger partial charge in [-0.3, -0.25) is 4.57 Å². The third kappa shape index (κ3) is 5.85. The maximum Gasteiger partial charge on any atom is 0.238 e. The highest BCUT2D eigenvalue weighted by Gasteiger charge is 2.37. The van der Waals surface area contributed by atoms with Crippen molar-refractivity contribution >= 4 is 60.4 Å². The lowest BCUT2D eigenvalue weighted by atomic mass is 9.73. The molecule has 0 amide bonds. The summed E-state index contributed by atoms with van der Waals surface area (Å²) in [6.07, 6.45) is 0. The molecule has 0 spiro atoms. The van der Waals surface area contributed by atoms with Crippen molar-refractivity contribution in [2.75, 3.05) is 4.90 Å². The number of fused-ring (bicyclic) bond motifs is 6. The van der Waals surface area contributed by atoms with Crippen LogP contribution in [0.1, 0.15) is 25.0 Å². The highest BCUT2D eigenvalue weighted by atomic mass is 32.1. The van der Waals surface area contributed by atoms with E-state index in [2.05, 4.69) is 151 Å². The van der Waals surface area contributed by atoms with Gasteiger partial charge in [-0.05, 0) is 76.9 Å². The molecule has 1 aliphatic heterocycles. The summed E-state index contributed by atoms with van der Waals surface area (Å²) in [5, 5.41) is 3.22. The predicted molar refractivity (Wildman–Crippen MR) is 256 cm³/mol. The Kier molecular flexibility index (Phi) is 8.27. The van der Waals surface area contributed by atoms with E-state index < -0.39 is 0 Å². The number of benzene rings is 8. The largest absolute Gasteiger partial charge is 0.310 e. The molecule has 294 valence electrons. The van der Waals surface area contributed by atoms with Crippen molar-refractivity contribution in [2.45, 2.75) is 19.3 Å². The third-order valence-electron chi connectivity index (χ3n) is 12.3. The van der Waals surface area contributed by atoms with Crippen LogP contribution in [-0.2, 0) is 5.41 Å². The summed E-state index contributed by atoms with van der Waals surface area (Å²) in [6.45, 7) is 4.69. The van der Waals surface area contributed by atoms with Gasteiger partial charge in [0.2, 0.25) is 5.95 Å². The van der Waals surface area contributed by atoms with E-state index in [0.717, 1.165) is 70.5 Å². The molecule has 7 heteroatoms. The van der Waals surface area contributed by atoms with E-state index in [-0.39, 0.29) is 5.41 Å². The molecule has 0 N–H and O–H groups in total. The molecule has 0 saturated heterocycles. The number of anilines is 3. The van der Waals surface area contributed by atoms with Gasteiger partial charge < -0.3 is 4.90 Å². The first-order valence-electron chi connectivity index (χ1n) is 20.9. The molecule has 0 aliphatic carbocycles. The van der Waals surface area contributed by atoms with E-state index in [4.69, 9.17) is 19.9 Å². The Bertz CT molecular complexity index is 3430. The van der Waals surface area contributed by atoms with E-state index in [1.807, 2.05) is 66.7 Å². The standard InChI is InChI=1S/C55H38N6S/c1-55(2)43-25-15-16-26-47(43)60(40-23-13-6-14-24-40)48-30-28-39(32-44(48)55)38-27-29-46-41(31-38)42-33-50-45(56-53(62-50)37-21-11-5-12-22-37)34-49(42)61(46)54-58-51(35-17-7-3-8-18-35)57-52(59-54)36-19-9-4-10-20-36/h3-34H,1-2H3. The number of thiazole rings is 1. The molecule has 3 aromatic heterocycles. The highest BCUT2D eigenvalue weighted by molar-refractivity contribution is 7.21. The molecular weight excluding hydrogens is 777 g/mol. The minimum absolute atomic E-state index is 0.229. The van der Waals surface area contributed by atoms with Crippen LogP contribution in [0, 0.1) is 0 Å². The molecule has 12 rings (SSSR count). The molecular formula is C55H38N6S. The van der Waals surface area contributed by atoms with Gasteiger partial charge in [-0.2, -0.15) is 9.97 Å². The van der Waals surface area contributed by atoms with Gasteiger partial charge in [0.15, 0.2) is 11.6 Å². The fourth-order valence-electron chi connectivity index (χ4n) is 9.18. The smallest absolute Gasteiger partial charge is 0.238 e. The SMILES string of the molecule is CC1(C)c2ccccc2N(c2ccccc2)c2ccc(-c3ccc4c(c3)c3cc5sc(-c6ccccc6)nc5cc3n4-c3nc(-c4ccccc4)nc(-c4ccccc4)n3)cc21. The summed E-state index contributed by atoms with van der Waals surface area (Å²) in [6, 6.07) is 68.5. The summed E-state index contributed by atoms with van der Waals surface area (Å²) in [5.41, 5.74) is 14.1. The fraction of sp³-hybridized carbons (Fsp3) is 0.0545. The van der Waals surface area contributed by atoms with Crippen molar-refractivity contribution < 1.29 is 0 Å². The molecule has 8 aromatic carbocycles. The molecule has 0 atom stereocenters. The highest BCUT2D eigenvalue weighted by Crippen LogP contribution is 2.52. The minimum Gasteiger partial charge on any atom is -0.310 e. The van der Waals surface area contributed by atoms with Gasteiger partial charge in [0, 0.05) is 38.6 Å². The van der Waals surface area contributed by atoms with E-state index in [9.17, 15) is 0 Å². The van der Waals surface area contributed by atoms with Crippen LogP contribution in [0.15, 0.2) is 194 Å². The number of para-hydroxylation sites is 2. The topological polar surface area (TPSA) is 59.7 Å². The Balaban J connectivity index is 1.09. The van der Waals surface area contributed by atoms with Gasteiger partial charge in [0.25, 0.3) is 0 Å². The van der Waals surface area contributed by atoms with E-state index in [1.54, 1.807) is 11.3 Å². The van der Waals surface area contributed by atoms with E-state index in [1.165, 1.54) is 22.5 Å². The van der Waals surface area contributed by atoms with Crippen LogP contribution >= 0.6 is 11.3 Å². The normalized spacial score (nSPS) is 13.1. The molecule has 1 aliphatic rings. The third-order valence-corrected chi connectivity index (χ3v) is 13.3. The van der Waals surface area contributed by atoms with Crippen LogP contribution in [0.25, 0.3) is 82.4 Å². The number of nitrogens with zero attached hydrogens (tertiary/aromatic N) is 6. The van der Waals surface area contributed by atoms with Crippen LogP contribution in [0.2, 0.25) is 0 Å². The van der Waals surface area contributed by atoms with Gasteiger partial charge in [-0.15, -0.1) is 11.3 Å². The lowest BCUT2D eigenvalue weighted by Crippen LogP contribution is -2.30. The molecule has 11 aromatic rings. The van der Waals surface area contributed by atoms with E-state index >= 15 is 0 Å². The monoisotopic (exact) mass is 814 g/mol. The summed E-state index contributed by atoms with van der Waals surface area (Å²) in [7, 11) is 0. The Morgan fingerprint density at radius 1 is 0.435 bits per heavy atom. The van der Waals surface area contributed by atoms with Crippen molar-refractivity contribution in [3.05, 3.63) is 205 Å². The summed E-state index contributed by atoms with van der Waals surface area (Å²) in [4.78, 5) is 23.0. The first-order chi connectivity index (χ1) is 30.5. The summed E-state index contributed by atoms with van der Waals surface area (Å²) >= 11 is 1.72. The molecule has 0 saturated carbocycles. The van der Waals surface area contributed by atoms with Crippen molar-refractivity contribution in [1.29, 1.82) is 0 Å². The lowest BCUT2D eigenvalue weighted by molar-refractivity contribution is 0.632. The van der Waals surface area contributed by atoms with Gasteiger partial charge in [0.1, 0.15) is 5.01 Å². The first-order valence-corrected chi connectivity index (χ1v) is 21.7. The molecule has 0 unspecified atom stereocenters. The van der Waals surface area contributed by atoms with Crippen molar-refractivity contribution in [3.63, 3.8) is 0 Å². The van der Waals surface area contributed by atoms with Crippen molar-refractivity contribution in [1.82, 2.24) is 24.5 Å². The fourth-order valence-corrected chi connectivity index (χ4v) is 10.2. The zero-order valence-corrected chi connectivity index (χ0v) is 34.9. The van der Waals surface area contributed by atoms with Gasteiger partial charge >= 0.3 is 0 Å². The Morgan fingerprint density at radius 3 is 1.69 bits per heavy atom. The van der Waals surface area contributed by atoms with Crippen LogP contribution in [0.5, 0.6) is 0 Å². The number of hydrogen-bond donors (Lipinski definition) is 0. The Labute approximate surface area is 363 Å². The second kappa shape index (κ2) is 14.2. The second-order valence-corrected chi connectivity index (χ2v) is 17.4. The second-order valence-electron chi connectivity index (χ2n) is 16.3. The van der Waals surface area contributed by atoms with E-state index in [0.29, 0.717) is 17.6 Å². The zero-order chi connectivity index (χ0) is 41.4. The molecule has 0 fully saturated rings. The first kappa shape index (κ1) is 36.1. The zero-order valence-electron chi connectivity index (χ0n) is 34.1. The number of rotatable bonds is 6. The van der Waals surface area contributed by atoms with Gasteiger partial charge in [-0.25, -0.2) is 9.97 Å². The van der Waals surface area contributed by atoms with Crippen LogP contribution in [0.3, 0.4) is 0 Å². The lowest BCUT2D eigenvalue weighted by Gasteiger charge is -2.42. The number of hydrogen-bond acceptors (Lipinski definition) is 6. The van der Waals surface area contributed by atoms with Gasteiger partial charge in [0.05, 0.1) is 32.6 Å². The summed E-state index contributed by atoms with van der Waals surface area (Å²) in [5.74, 6) is 1.79. The molecule has 4 heterocycles. The average molecular weight is 815 g/mol. The van der Waals surface area contributed by atoms with Crippen LogP contribution in [0.4, 0.5) is 17.1 Å². The van der Waals surface area contributed by atoms with Gasteiger partial charge in [-0.1, -0.05) is 153 Å². The van der Waals surface area contributed by atoms with Crippen molar-refractivity contribution in [2.24, 2.45) is 0 Å². The number of aromatic nitrogens is 5. The van der Waals surface area contributed by atoms with Crippen molar-refractivity contribution in [3.8, 4) is 50.4 Å². The predicted octanol–water partition coefficient (Wildman–Crippen LogP) is 14.4. The summed E-state index contributed by atoms with van der Waals surface area (Å²) < 4.78 is 3.32. The Hall–Kier alpha value is -7.74. The minimum atomic E-state index is -0.229. The molecule has 6 nitrogen and oxygen atoms in total. The molecule has 62 heavy (non-hydrogen) atoms. The maximum atomic E-state index is 5.22.